The molecule has 7 heteroatoms. The van der Waals surface area contributed by atoms with Crippen LogP contribution in [-0.4, -0.2) is 24.1 Å². The Morgan fingerprint density at radius 2 is 1.80 bits per heavy atom. The van der Waals surface area contributed by atoms with Gasteiger partial charge in [0, 0.05) is 34.8 Å². The first-order valence-corrected chi connectivity index (χ1v) is 11.3. The molecule has 0 atom stereocenters. The van der Waals surface area contributed by atoms with Crippen molar-refractivity contribution in [2.75, 3.05) is 5.88 Å². The van der Waals surface area contributed by atoms with Gasteiger partial charge in [0.15, 0.2) is 5.78 Å². The second kappa shape index (κ2) is 7.94. The van der Waals surface area contributed by atoms with Crippen LogP contribution in [0.5, 0.6) is 0 Å². The molecule has 0 unspecified atom stereocenters. The maximum absolute atomic E-state index is 13.6. The van der Waals surface area contributed by atoms with E-state index in [9.17, 15) is 18.5 Å². The molecule has 5 nitrogen and oxygen atoms in total. The van der Waals surface area contributed by atoms with Gasteiger partial charge in [-0.3, -0.25) is 4.79 Å². The van der Waals surface area contributed by atoms with E-state index in [1.54, 1.807) is 42.5 Å². The minimum atomic E-state index is -3.99. The summed E-state index contributed by atoms with van der Waals surface area (Å²) in [6.07, 6.45) is 2.05. The number of nitriles is 1. The predicted molar refractivity (Wildman–Crippen MR) is 117 cm³/mol. The average molecular weight is 437 g/mol. The molecule has 0 N–H and O–H groups in total. The van der Waals surface area contributed by atoms with Crippen molar-refractivity contribution < 1.29 is 13.2 Å². The third kappa shape index (κ3) is 3.36. The molecule has 0 saturated heterocycles. The molecule has 1 heterocycles. The van der Waals surface area contributed by atoms with Gasteiger partial charge in [0.25, 0.3) is 10.0 Å². The highest BCUT2D eigenvalue weighted by Crippen LogP contribution is 2.31. The Balaban J connectivity index is 1.98. The fraction of sp³-hybridized carbons (Fsp3) is 0.130. The molecule has 4 aromatic rings. The number of hydrogen-bond donors (Lipinski definition) is 0. The van der Waals surface area contributed by atoms with Gasteiger partial charge in [-0.15, -0.1) is 11.6 Å². The number of carbonyl (C=O) groups is 1. The van der Waals surface area contributed by atoms with Crippen LogP contribution in [-0.2, 0) is 10.0 Å². The molecule has 0 fully saturated rings. The SMILES string of the molecule is N#Cc1ccc2c(c1)c(C(=O)CCCCl)cn2S(=O)(=O)c1cccc2ccccc12. The van der Waals surface area contributed by atoms with Crippen LogP contribution < -0.4 is 0 Å². The molecule has 0 saturated carbocycles. The summed E-state index contributed by atoms with van der Waals surface area (Å²) in [4.78, 5) is 12.9. The van der Waals surface area contributed by atoms with Crippen molar-refractivity contribution in [2.24, 2.45) is 0 Å². The Kier molecular flexibility index (Phi) is 5.33. The zero-order valence-electron chi connectivity index (χ0n) is 15.9. The number of halogens is 1. The molecule has 150 valence electrons. The van der Waals surface area contributed by atoms with E-state index in [0.29, 0.717) is 34.2 Å². The predicted octanol–water partition coefficient (Wildman–Crippen LogP) is 5.10. The number of rotatable bonds is 6. The third-order valence-electron chi connectivity index (χ3n) is 5.02. The molecule has 0 amide bonds. The van der Waals surface area contributed by atoms with Crippen molar-refractivity contribution >= 4 is 49.1 Å². The average Bonchev–Trinajstić information content (AvgIpc) is 3.16. The van der Waals surface area contributed by atoms with Crippen LogP contribution in [0.25, 0.3) is 21.7 Å². The molecular weight excluding hydrogens is 420 g/mol. The van der Waals surface area contributed by atoms with E-state index in [1.807, 2.05) is 24.3 Å². The summed E-state index contributed by atoms with van der Waals surface area (Å²) in [6, 6.07) is 19.1. The smallest absolute Gasteiger partial charge is 0.268 e. The number of carbonyl (C=O) groups excluding carboxylic acids is 1. The molecule has 3 aromatic carbocycles. The lowest BCUT2D eigenvalue weighted by Gasteiger charge is -2.10. The quantitative estimate of drug-likeness (QED) is 0.311. The van der Waals surface area contributed by atoms with E-state index < -0.39 is 10.0 Å². The molecule has 0 bridgehead atoms. The van der Waals surface area contributed by atoms with Crippen molar-refractivity contribution in [3.63, 3.8) is 0 Å². The first-order chi connectivity index (χ1) is 14.5. The first-order valence-electron chi connectivity index (χ1n) is 9.35. The standard InChI is InChI=1S/C23H17ClN2O3S/c24-12-4-8-22(27)20-15-26(21-11-10-16(14-25)13-19(20)21)30(28,29)23-9-3-6-17-5-1-2-7-18(17)23/h1-3,5-7,9-11,13,15H,4,8,12H2. The summed E-state index contributed by atoms with van der Waals surface area (Å²) in [6.45, 7) is 0. The number of fused-ring (bicyclic) bond motifs is 2. The summed E-state index contributed by atoms with van der Waals surface area (Å²) in [7, 11) is -3.99. The van der Waals surface area contributed by atoms with Crippen LogP contribution in [0.4, 0.5) is 0 Å². The highest BCUT2D eigenvalue weighted by molar-refractivity contribution is 7.90. The van der Waals surface area contributed by atoms with Crippen molar-refractivity contribution in [3.8, 4) is 6.07 Å². The van der Waals surface area contributed by atoms with Gasteiger partial charge in [-0.1, -0.05) is 36.4 Å². The number of alkyl halides is 1. The monoisotopic (exact) mass is 436 g/mol. The fourth-order valence-electron chi connectivity index (χ4n) is 3.58. The van der Waals surface area contributed by atoms with E-state index in [2.05, 4.69) is 0 Å². The fourth-order valence-corrected chi connectivity index (χ4v) is 5.30. The molecular formula is C23H17ClN2O3S. The van der Waals surface area contributed by atoms with Crippen LogP contribution in [0.2, 0.25) is 0 Å². The molecule has 0 radical (unpaired) electrons. The molecule has 0 spiro atoms. The van der Waals surface area contributed by atoms with Crippen molar-refractivity contribution in [2.45, 2.75) is 17.7 Å². The minimum absolute atomic E-state index is 0.154. The Morgan fingerprint density at radius 1 is 1.03 bits per heavy atom. The third-order valence-corrected chi connectivity index (χ3v) is 7.02. The highest BCUT2D eigenvalue weighted by Gasteiger charge is 2.25. The second-order valence-corrected chi connectivity index (χ2v) is 9.04. The lowest BCUT2D eigenvalue weighted by molar-refractivity contribution is 0.0983. The topological polar surface area (TPSA) is 79.9 Å². The number of nitrogens with zero attached hydrogens (tertiary/aromatic N) is 2. The Labute approximate surface area is 179 Å². The first kappa shape index (κ1) is 20.1. The maximum atomic E-state index is 13.6. The summed E-state index contributed by atoms with van der Waals surface area (Å²) in [5.74, 6) is 0.130. The van der Waals surface area contributed by atoms with Gasteiger partial charge in [0.1, 0.15) is 0 Å². The van der Waals surface area contributed by atoms with Gasteiger partial charge >= 0.3 is 0 Å². The van der Waals surface area contributed by atoms with Gasteiger partial charge in [-0.25, -0.2) is 12.4 Å². The summed E-state index contributed by atoms with van der Waals surface area (Å²) in [5, 5.41) is 11.1. The van der Waals surface area contributed by atoms with Gasteiger partial charge < -0.3 is 0 Å². The molecule has 0 aliphatic rings. The van der Waals surface area contributed by atoms with E-state index in [1.165, 1.54) is 6.20 Å². The van der Waals surface area contributed by atoms with Crippen molar-refractivity contribution in [1.82, 2.24) is 3.97 Å². The van der Waals surface area contributed by atoms with Crippen molar-refractivity contribution in [3.05, 3.63) is 78.0 Å². The second-order valence-electron chi connectivity index (χ2n) is 6.88. The summed E-state index contributed by atoms with van der Waals surface area (Å²) < 4.78 is 28.4. The Morgan fingerprint density at radius 3 is 2.57 bits per heavy atom. The largest absolute Gasteiger partial charge is 0.294 e. The Hall–Kier alpha value is -3.14. The highest BCUT2D eigenvalue weighted by atomic mass is 35.5. The molecule has 1 aromatic heterocycles. The summed E-state index contributed by atoms with van der Waals surface area (Å²) >= 11 is 5.72. The maximum Gasteiger partial charge on any atom is 0.268 e. The zero-order valence-corrected chi connectivity index (χ0v) is 17.4. The van der Waals surface area contributed by atoms with Gasteiger partial charge in [0.05, 0.1) is 22.0 Å². The summed E-state index contributed by atoms with van der Waals surface area (Å²) in [5.41, 5.74) is 0.987. The number of Topliss-reactive ketones (excluding diaryl/α,β-unsaturated/α-hetero) is 1. The zero-order chi connectivity index (χ0) is 21.3. The number of benzene rings is 3. The van der Waals surface area contributed by atoms with Crippen LogP contribution in [0.1, 0.15) is 28.8 Å². The van der Waals surface area contributed by atoms with Crippen molar-refractivity contribution in [1.29, 1.82) is 5.26 Å². The van der Waals surface area contributed by atoms with Crippen LogP contribution >= 0.6 is 11.6 Å². The lowest BCUT2D eigenvalue weighted by atomic mass is 10.0. The van der Waals surface area contributed by atoms with Crippen LogP contribution in [0, 0.1) is 11.3 Å². The van der Waals surface area contributed by atoms with E-state index in [4.69, 9.17) is 11.6 Å². The van der Waals surface area contributed by atoms with Crippen LogP contribution in [0.15, 0.2) is 71.8 Å². The van der Waals surface area contributed by atoms with E-state index in [0.717, 1.165) is 9.36 Å². The van der Waals surface area contributed by atoms with Gasteiger partial charge in [-0.2, -0.15) is 5.26 Å². The van der Waals surface area contributed by atoms with E-state index in [-0.39, 0.29) is 22.7 Å². The minimum Gasteiger partial charge on any atom is -0.294 e. The molecule has 30 heavy (non-hydrogen) atoms. The van der Waals surface area contributed by atoms with E-state index >= 15 is 0 Å². The molecule has 0 aliphatic heterocycles. The molecule has 0 aliphatic carbocycles. The van der Waals surface area contributed by atoms with Crippen LogP contribution in [0.3, 0.4) is 0 Å². The number of aromatic nitrogens is 1. The lowest BCUT2D eigenvalue weighted by Crippen LogP contribution is -2.12. The number of ketones is 1. The molecule has 4 rings (SSSR count). The van der Waals surface area contributed by atoms with Gasteiger partial charge in [-0.05, 0) is 36.1 Å². The normalized spacial score (nSPS) is 11.6. The van der Waals surface area contributed by atoms with Gasteiger partial charge in [0.2, 0.25) is 0 Å². The Bertz CT molecular complexity index is 1430. The number of hydrogen-bond acceptors (Lipinski definition) is 4.